The van der Waals surface area contributed by atoms with Crippen LogP contribution in [0.15, 0.2) is 40.9 Å². The quantitative estimate of drug-likeness (QED) is 0.509. The summed E-state index contributed by atoms with van der Waals surface area (Å²) >= 11 is 5.81. The van der Waals surface area contributed by atoms with Gasteiger partial charge in [0.2, 0.25) is 0 Å². The summed E-state index contributed by atoms with van der Waals surface area (Å²) in [6.45, 7) is 0.451. The Morgan fingerprint density at radius 1 is 1.20 bits per heavy atom. The number of carbonyl (C=O) groups excluding carboxylic acids is 1. The van der Waals surface area contributed by atoms with Crippen LogP contribution in [0, 0.1) is 3.57 Å². The third-order valence-electron chi connectivity index (χ3n) is 3.07. The number of rotatable bonds is 2. The molecule has 0 saturated heterocycles. The molecule has 1 aliphatic heterocycles. The molecule has 1 aliphatic rings. The summed E-state index contributed by atoms with van der Waals surface area (Å²) in [6.07, 6.45) is 0.614. The van der Waals surface area contributed by atoms with Crippen LogP contribution in [0.2, 0.25) is 0 Å². The van der Waals surface area contributed by atoms with Crippen molar-refractivity contribution in [2.24, 2.45) is 0 Å². The highest BCUT2D eigenvalue weighted by Crippen LogP contribution is 2.38. The van der Waals surface area contributed by atoms with Crippen LogP contribution in [0.3, 0.4) is 0 Å². The van der Waals surface area contributed by atoms with Crippen molar-refractivity contribution in [2.45, 2.75) is 6.10 Å². The van der Waals surface area contributed by atoms with Crippen molar-refractivity contribution in [1.29, 1.82) is 0 Å². The molecule has 3 rings (SSSR count). The summed E-state index contributed by atoms with van der Waals surface area (Å²) in [7, 11) is 0. The van der Waals surface area contributed by atoms with E-state index in [4.69, 9.17) is 9.47 Å². The number of benzene rings is 2. The lowest BCUT2D eigenvalue weighted by Gasteiger charge is -2.27. The molecular formula is C15H10BrIO3. The van der Waals surface area contributed by atoms with Gasteiger partial charge in [-0.05, 0) is 59.0 Å². The van der Waals surface area contributed by atoms with E-state index < -0.39 is 0 Å². The molecule has 0 spiro atoms. The highest BCUT2D eigenvalue weighted by Gasteiger charge is 2.24. The van der Waals surface area contributed by atoms with E-state index in [-0.39, 0.29) is 6.10 Å². The Labute approximate surface area is 138 Å². The Kier molecular flexibility index (Phi) is 3.98. The smallest absolute Gasteiger partial charge is 0.163 e. The topological polar surface area (TPSA) is 35.5 Å². The maximum atomic E-state index is 10.8. The van der Waals surface area contributed by atoms with Crippen molar-refractivity contribution >= 4 is 44.8 Å². The van der Waals surface area contributed by atoms with Gasteiger partial charge in [0.25, 0.3) is 0 Å². The molecule has 0 radical (unpaired) electrons. The second kappa shape index (κ2) is 5.73. The van der Waals surface area contributed by atoms with E-state index in [1.165, 1.54) is 0 Å². The molecule has 2 aromatic rings. The number of aldehydes is 1. The maximum absolute atomic E-state index is 10.8. The van der Waals surface area contributed by atoms with Crippen molar-refractivity contribution < 1.29 is 14.3 Å². The van der Waals surface area contributed by atoms with E-state index >= 15 is 0 Å². The van der Waals surface area contributed by atoms with Crippen molar-refractivity contribution in [2.75, 3.05) is 6.61 Å². The Bertz CT molecular complexity index is 672. The molecule has 5 heteroatoms. The zero-order valence-corrected chi connectivity index (χ0v) is 14.1. The summed E-state index contributed by atoms with van der Waals surface area (Å²) in [5.41, 5.74) is 1.62. The molecule has 102 valence electrons. The molecular weight excluding hydrogens is 435 g/mol. The van der Waals surface area contributed by atoms with Crippen LogP contribution in [0.5, 0.6) is 11.5 Å². The van der Waals surface area contributed by atoms with Gasteiger partial charge < -0.3 is 9.47 Å². The normalized spacial score (nSPS) is 16.8. The summed E-state index contributed by atoms with van der Waals surface area (Å²) in [5.74, 6) is 1.28. The lowest BCUT2D eigenvalue weighted by Crippen LogP contribution is -2.22. The van der Waals surface area contributed by atoms with E-state index in [9.17, 15) is 4.79 Å². The monoisotopic (exact) mass is 444 g/mol. The fourth-order valence-electron chi connectivity index (χ4n) is 2.08. The number of ether oxygens (including phenoxy) is 2. The van der Waals surface area contributed by atoms with Crippen LogP contribution in [-0.4, -0.2) is 12.9 Å². The minimum atomic E-state index is -0.187. The summed E-state index contributed by atoms with van der Waals surface area (Å²) in [4.78, 5) is 10.8. The molecule has 1 heterocycles. The van der Waals surface area contributed by atoms with Crippen LogP contribution >= 0.6 is 38.5 Å². The van der Waals surface area contributed by atoms with Gasteiger partial charge in [-0.2, -0.15) is 0 Å². The first kappa shape index (κ1) is 13.9. The summed E-state index contributed by atoms with van der Waals surface area (Å²) < 4.78 is 13.8. The van der Waals surface area contributed by atoms with Gasteiger partial charge in [0, 0.05) is 19.2 Å². The van der Waals surface area contributed by atoms with E-state index in [1.807, 2.05) is 12.1 Å². The fourth-order valence-corrected chi connectivity index (χ4v) is 3.09. The van der Waals surface area contributed by atoms with Crippen molar-refractivity contribution in [3.8, 4) is 11.5 Å². The van der Waals surface area contributed by atoms with Crippen LogP contribution < -0.4 is 9.47 Å². The number of hydrogen-bond acceptors (Lipinski definition) is 3. The van der Waals surface area contributed by atoms with E-state index in [0.717, 1.165) is 19.9 Å². The van der Waals surface area contributed by atoms with E-state index in [1.54, 1.807) is 18.2 Å². The second-order valence-electron chi connectivity index (χ2n) is 4.41. The SMILES string of the molecule is O=Cc1ccc2c(c1)OC(c1cc(I)ccc1Br)CO2. The largest absolute Gasteiger partial charge is 0.485 e. The third-order valence-corrected chi connectivity index (χ3v) is 4.46. The molecule has 0 bridgehead atoms. The Hall–Kier alpha value is -1.08. The maximum Gasteiger partial charge on any atom is 0.163 e. The first-order valence-corrected chi connectivity index (χ1v) is 7.88. The first-order chi connectivity index (χ1) is 9.67. The number of halogens is 2. The van der Waals surface area contributed by atoms with Gasteiger partial charge in [0.15, 0.2) is 17.6 Å². The van der Waals surface area contributed by atoms with Crippen molar-refractivity contribution in [1.82, 2.24) is 0 Å². The molecule has 0 aromatic heterocycles. The van der Waals surface area contributed by atoms with E-state index in [2.05, 4.69) is 44.6 Å². The van der Waals surface area contributed by atoms with Crippen LogP contribution in [0.25, 0.3) is 0 Å². The van der Waals surface area contributed by atoms with Gasteiger partial charge in [-0.1, -0.05) is 15.9 Å². The predicted molar refractivity (Wildman–Crippen MR) is 87.6 cm³/mol. The molecule has 0 amide bonds. The molecule has 2 aromatic carbocycles. The van der Waals surface area contributed by atoms with Crippen LogP contribution in [0.1, 0.15) is 22.0 Å². The number of fused-ring (bicyclic) bond motifs is 1. The highest BCUT2D eigenvalue weighted by molar-refractivity contribution is 14.1. The fraction of sp³-hybridized carbons (Fsp3) is 0.133. The predicted octanol–water partition coefficient (Wildman–Crippen LogP) is 4.38. The van der Waals surface area contributed by atoms with Gasteiger partial charge in [0.05, 0.1) is 0 Å². The Balaban J connectivity index is 1.95. The summed E-state index contributed by atoms with van der Waals surface area (Å²) in [6, 6.07) is 11.3. The zero-order valence-electron chi connectivity index (χ0n) is 10.3. The zero-order chi connectivity index (χ0) is 14.1. The molecule has 1 unspecified atom stereocenters. The average Bonchev–Trinajstić information content (AvgIpc) is 2.48. The standard InChI is InChI=1S/C15H10BrIO3/c16-12-3-2-10(17)6-11(12)15-8-19-13-4-1-9(7-18)5-14(13)20-15/h1-7,15H,8H2. The van der Waals surface area contributed by atoms with Gasteiger partial charge in [0.1, 0.15) is 12.9 Å². The summed E-state index contributed by atoms with van der Waals surface area (Å²) in [5, 5.41) is 0. The number of hydrogen-bond donors (Lipinski definition) is 0. The van der Waals surface area contributed by atoms with Crippen molar-refractivity contribution in [3.63, 3.8) is 0 Å². The Morgan fingerprint density at radius 3 is 2.85 bits per heavy atom. The van der Waals surface area contributed by atoms with Crippen LogP contribution in [0.4, 0.5) is 0 Å². The average molecular weight is 445 g/mol. The molecule has 0 N–H and O–H groups in total. The van der Waals surface area contributed by atoms with E-state index in [0.29, 0.717) is 23.7 Å². The molecule has 20 heavy (non-hydrogen) atoms. The first-order valence-electron chi connectivity index (χ1n) is 6.01. The molecule has 0 aliphatic carbocycles. The highest BCUT2D eigenvalue weighted by atomic mass is 127. The Morgan fingerprint density at radius 2 is 2.05 bits per heavy atom. The molecule has 1 atom stereocenters. The molecule has 3 nitrogen and oxygen atoms in total. The van der Waals surface area contributed by atoms with Gasteiger partial charge in [-0.25, -0.2) is 0 Å². The minimum absolute atomic E-state index is 0.187. The second-order valence-corrected chi connectivity index (χ2v) is 6.51. The van der Waals surface area contributed by atoms with Gasteiger partial charge in [-0.15, -0.1) is 0 Å². The minimum Gasteiger partial charge on any atom is -0.485 e. The van der Waals surface area contributed by atoms with Gasteiger partial charge in [-0.3, -0.25) is 4.79 Å². The molecule has 0 fully saturated rings. The van der Waals surface area contributed by atoms with Crippen LogP contribution in [-0.2, 0) is 0 Å². The van der Waals surface area contributed by atoms with Crippen molar-refractivity contribution in [3.05, 3.63) is 55.6 Å². The molecule has 0 saturated carbocycles. The van der Waals surface area contributed by atoms with Gasteiger partial charge >= 0.3 is 0 Å². The lowest BCUT2D eigenvalue weighted by molar-refractivity contribution is 0.0904. The third kappa shape index (κ3) is 2.69. The number of carbonyl (C=O) groups is 1. The lowest BCUT2D eigenvalue weighted by atomic mass is 10.1.